The average Bonchev–Trinajstić information content (AvgIpc) is 2.88. The van der Waals surface area contributed by atoms with Crippen molar-refractivity contribution in [2.45, 2.75) is 64.6 Å². The summed E-state index contributed by atoms with van der Waals surface area (Å²) in [5.41, 5.74) is 2.29. The Morgan fingerprint density at radius 1 is 1.28 bits per heavy atom. The van der Waals surface area contributed by atoms with E-state index in [1.165, 1.54) is 11.6 Å². The number of rotatable bonds is 5. The molecular formula is C17H26N4O4. The number of carbonyl (C=O) groups excluding carboxylic acids is 3. The maximum Gasteiger partial charge on any atom is 0.408 e. The van der Waals surface area contributed by atoms with Gasteiger partial charge < -0.3 is 15.4 Å². The fraction of sp³-hybridized carbons (Fsp3) is 0.588. The van der Waals surface area contributed by atoms with Gasteiger partial charge in [0.2, 0.25) is 0 Å². The molecule has 1 aromatic heterocycles. The maximum atomic E-state index is 12.2. The SMILES string of the molecule is CC(NC(=O)OC(C)(C)C)C(=O)Nn1cccc1C(=O)NC1CCC1. The first-order valence-corrected chi connectivity index (χ1v) is 8.44. The fourth-order valence-electron chi connectivity index (χ4n) is 2.24. The zero-order valence-corrected chi connectivity index (χ0v) is 15.1. The number of aromatic nitrogens is 1. The fourth-order valence-corrected chi connectivity index (χ4v) is 2.24. The summed E-state index contributed by atoms with van der Waals surface area (Å²) < 4.78 is 6.47. The minimum atomic E-state index is -0.820. The molecule has 0 radical (unpaired) electrons. The Kier molecular flexibility index (Phi) is 5.71. The molecule has 1 atom stereocenters. The van der Waals surface area contributed by atoms with E-state index < -0.39 is 23.6 Å². The van der Waals surface area contributed by atoms with Crippen molar-refractivity contribution in [3.63, 3.8) is 0 Å². The van der Waals surface area contributed by atoms with Gasteiger partial charge in [-0.3, -0.25) is 19.7 Å². The molecule has 1 aliphatic carbocycles. The normalized spacial score (nSPS) is 15.7. The van der Waals surface area contributed by atoms with Gasteiger partial charge in [-0.25, -0.2) is 4.79 Å². The molecule has 25 heavy (non-hydrogen) atoms. The number of nitrogens with zero attached hydrogens (tertiary/aromatic N) is 1. The molecular weight excluding hydrogens is 324 g/mol. The van der Waals surface area contributed by atoms with Gasteiger partial charge in [0, 0.05) is 12.2 Å². The largest absolute Gasteiger partial charge is 0.444 e. The Balaban J connectivity index is 1.90. The van der Waals surface area contributed by atoms with Crippen LogP contribution in [0.4, 0.5) is 4.79 Å². The highest BCUT2D eigenvalue weighted by Gasteiger charge is 2.24. The second-order valence-corrected chi connectivity index (χ2v) is 7.21. The first-order chi connectivity index (χ1) is 11.7. The molecule has 3 N–H and O–H groups in total. The Morgan fingerprint density at radius 3 is 2.52 bits per heavy atom. The van der Waals surface area contributed by atoms with Crippen LogP contribution in [0.2, 0.25) is 0 Å². The smallest absolute Gasteiger partial charge is 0.408 e. The van der Waals surface area contributed by atoms with E-state index >= 15 is 0 Å². The van der Waals surface area contributed by atoms with E-state index in [0.717, 1.165) is 19.3 Å². The summed E-state index contributed by atoms with van der Waals surface area (Å²) in [5.74, 6) is -0.692. The lowest BCUT2D eigenvalue weighted by Crippen LogP contribution is -2.46. The maximum absolute atomic E-state index is 12.2. The third kappa shape index (κ3) is 5.51. The molecule has 1 saturated carbocycles. The quantitative estimate of drug-likeness (QED) is 0.753. The van der Waals surface area contributed by atoms with E-state index in [0.29, 0.717) is 5.69 Å². The lowest BCUT2D eigenvalue weighted by Gasteiger charge is -2.26. The van der Waals surface area contributed by atoms with E-state index in [-0.39, 0.29) is 11.9 Å². The van der Waals surface area contributed by atoms with Crippen LogP contribution in [-0.2, 0) is 9.53 Å². The number of amides is 3. The summed E-state index contributed by atoms with van der Waals surface area (Å²) in [5, 5.41) is 5.38. The van der Waals surface area contributed by atoms with Gasteiger partial charge in [-0.05, 0) is 59.1 Å². The molecule has 0 aromatic carbocycles. The second kappa shape index (κ2) is 7.58. The predicted octanol–water partition coefficient (Wildman–Crippen LogP) is 1.75. The number of nitrogens with one attached hydrogen (secondary N) is 3. The summed E-state index contributed by atoms with van der Waals surface area (Å²) in [7, 11) is 0. The topological polar surface area (TPSA) is 101 Å². The summed E-state index contributed by atoms with van der Waals surface area (Å²) in [6, 6.07) is 2.68. The van der Waals surface area contributed by atoms with Crippen LogP contribution in [0.1, 0.15) is 57.4 Å². The van der Waals surface area contributed by atoms with Gasteiger partial charge >= 0.3 is 6.09 Å². The first-order valence-electron chi connectivity index (χ1n) is 8.44. The van der Waals surface area contributed by atoms with Gasteiger partial charge in [-0.15, -0.1) is 0 Å². The molecule has 8 heteroatoms. The second-order valence-electron chi connectivity index (χ2n) is 7.21. The highest BCUT2D eigenvalue weighted by molar-refractivity contribution is 5.95. The van der Waals surface area contributed by atoms with E-state index in [1.54, 1.807) is 39.1 Å². The molecule has 3 amide bonds. The van der Waals surface area contributed by atoms with E-state index in [9.17, 15) is 14.4 Å². The zero-order chi connectivity index (χ0) is 18.6. The highest BCUT2D eigenvalue weighted by Crippen LogP contribution is 2.18. The molecule has 1 aromatic rings. The first kappa shape index (κ1) is 18.8. The Hall–Kier alpha value is -2.51. The Bertz CT molecular complexity index is 643. The van der Waals surface area contributed by atoms with Crippen LogP contribution < -0.4 is 16.1 Å². The number of hydrogen-bond acceptors (Lipinski definition) is 4. The summed E-state index contributed by atoms with van der Waals surface area (Å²) >= 11 is 0. The van der Waals surface area contributed by atoms with Gasteiger partial charge in [-0.2, -0.15) is 0 Å². The van der Waals surface area contributed by atoms with Crippen molar-refractivity contribution in [1.29, 1.82) is 0 Å². The van der Waals surface area contributed by atoms with Crippen molar-refractivity contribution in [2.24, 2.45) is 0 Å². The third-order valence-corrected chi connectivity index (χ3v) is 3.78. The van der Waals surface area contributed by atoms with E-state index in [4.69, 9.17) is 4.74 Å². The molecule has 0 bridgehead atoms. The van der Waals surface area contributed by atoms with Crippen LogP contribution in [0.15, 0.2) is 18.3 Å². The van der Waals surface area contributed by atoms with E-state index in [2.05, 4.69) is 16.1 Å². The van der Waals surface area contributed by atoms with Crippen molar-refractivity contribution in [1.82, 2.24) is 15.3 Å². The van der Waals surface area contributed by atoms with Gasteiger partial charge in [0.1, 0.15) is 17.3 Å². The predicted molar refractivity (Wildman–Crippen MR) is 92.7 cm³/mol. The number of alkyl carbamates (subject to hydrolysis) is 1. The van der Waals surface area contributed by atoms with Crippen LogP contribution in [-0.4, -0.2) is 40.3 Å². The average molecular weight is 350 g/mol. The number of carbonyl (C=O) groups is 3. The molecule has 0 aliphatic heterocycles. The standard InChI is InChI=1S/C17H26N4O4/c1-11(18-16(24)25-17(2,3)4)14(22)20-21-10-6-9-13(21)15(23)19-12-7-5-8-12/h6,9-12H,5,7-8H2,1-4H3,(H,18,24)(H,19,23)(H,20,22). The molecule has 8 nitrogen and oxygen atoms in total. The van der Waals surface area contributed by atoms with Gasteiger partial charge in [0.15, 0.2) is 0 Å². The molecule has 1 unspecified atom stereocenters. The minimum absolute atomic E-state index is 0.208. The van der Waals surface area contributed by atoms with Crippen molar-refractivity contribution >= 4 is 17.9 Å². The van der Waals surface area contributed by atoms with Gasteiger partial charge in [0.25, 0.3) is 11.8 Å². The molecule has 1 fully saturated rings. The van der Waals surface area contributed by atoms with E-state index in [1.807, 2.05) is 0 Å². The van der Waals surface area contributed by atoms with Crippen LogP contribution in [0.25, 0.3) is 0 Å². The van der Waals surface area contributed by atoms with Crippen molar-refractivity contribution in [2.75, 3.05) is 5.43 Å². The monoisotopic (exact) mass is 350 g/mol. The molecule has 0 saturated heterocycles. The number of ether oxygens (including phenoxy) is 1. The molecule has 2 rings (SSSR count). The van der Waals surface area contributed by atoms with Crippen molar-refractivity contribution in [3.05, 3.63) is 24.0 Å². The van der Waals surface area contributed by atoms with Gasteiger partial charge in [-0.1, -0.05) is 0 Å². The summed E-state index contributed by atoms with van der Waals surface area (Å²) in [4.78, 5) is 36.2. The van der Waals surface area contributed by atoms with Crippen LogP contribution >= 0.6 is 0 Å². The van der Waals surface area contributed by atoms with Crippen LogP contribution in [0, 0.1) is 0 Å². The number of hydrogen-bond donors (Lipinski definition) is 3. The van der Waals surface area contributed by atoms with Crippen LogP contribution in [0.5, 0.6) is 0 Å². The summed E-state index contributed by atoms with van der Waals surface area (Å²) in [6.45, 7) is 6.76. The minimum Gasteiger partial charge on any atom is -0.444 e. The molecule has 1 heterocycles. The van der Waals surface area contributed by atoms with Crippen molar-refractivity contribution < 1.29 is 19.1 Å². The Labute approximate surface area is 147 Å². The Morgan fingerprint density at radius 2 is 1.96 bits per heavy atom. The van der Waals surface area contributed by atoms with Gasteiger partial charge in [0.05, 0.1) is 0 Å². The molecule has 138 valence electrons. The van der Waals surface area contributed by atoms with Crippen molar-refractivity contribution in [3.8, 4) is 0 Å². The van der Waals surface area contributed by atoms with Crippen LogP contribution in [0.3, 0.4) is 0 Å². The molecule has 0 spiro atoms. The highest BCUT2D eigenvalue weighted by atomic mass is 16.6. The molecule has 1 aliphatic rings. The lowest BCUT2D eigenvalue weighted by molar-refractivity contribution is -0.118. The lowest BCUT2D eigenvalue weighted by atomic mass is 9.93. The zero-order valence-electron chi connectivity index (χ0n) is 15.1. The third-order valence-electron chi connectivity index (χ3n) is 3.78. The summed E-state index contributed by atoms with van der Waals surface area (Å²) in [6.07, 6.45) is 3.99.